The van der Waals surface area contributed by atoms with Crippen molar-refractivity contribution in [2.45, 2.75) is 31.4 Å². The van der Waals surface area contributed by atoms with Gasteiger partial charge in [-0.1, -0.05) is 11.8 Å². The van der Waals surface area contributed by atoms with E-state index in [0.29, 0.717) is 32.6 Å². The minimum Gasteiger partial charge on any atom is -0.435 e. The number of alkyl halides is 2. The largest absolute Gasteiger partial charge is 0.435 e. The lowest BCUT2D eigenvalue weighted by Crippen LogP contribution is -2.10. The van der Waals surface area contributed by atoms with Crippen LogP contribution in [0, 0.1) is 13.8 Å². The van der Waals surface area contributed by atoms with Gasteiger partial charge in [-0.3, -0.25) is 4.79 Å². The maximum atomic E-state index is 12.3. The standard InChI is InChI=1S/C18H14F2N4O3S2/c1-8-9(2)29-16-13(8)14(25)21-12(22-16)7-28-18-24-23-15(27-18)10-3-5-11(6-4-10)26-17(19)20/h3-6,17H,7H2,1-2H3,(H,21,22,25). The van der Waals surface area contributed by atoms with Gasteiger partial charge in [0, 0.05) is 10.4 Å². The highest BCUT2D eigenvalue weighted by molar-refractivity contribution is 7.98. The number of fused-ring (bicyclic) bond motifs is 1. The van der Waals surface area contributed by atoms with E-state index < -0.39 is 6.61 Å². The molecule has 0 fully saturated rings. The van der Waals surface area contributed by atoms with Crippen LogP contribution in [-0.4, -0.2) is 26.8 Å². The predicted molar refractivity (Wildman–Crippen MR) is 106 cm³/mol. The highest BCUT2D eigenvalue weighted by Gasteiger charge is 2.14. The summed E-state index contributed by atoms with van der Waals surface area (Å²) < 4.78 is 34.3. The van der Waals surface area contributed by atoms with Crippen LogP contribution in [0.5, 0.6) is 5.75 Å². The molecule has 4 rings (SSSR count). The summed E-state index contributed by atoms with van der Waals surface area (Å²) in [4.78, 5) is 21.4. The van der Waals surface area contributed by atoms with Gasteiger partial charge in [0.2, 0.25) is 5.89 Å². The van der Waals surface area contributed by atoms with Crippen LogP contribution in [0.2, 0.25) is 0 Å². The Morgan fingerprint density at radius 2 is 2.00 bits per heavy atom. The molecule has 7 nitrogen and oxygen atoms in total. The van der Waals surface area contributed by atoms with Crippen molar-refractivity contribution in [2.75, 3.05) is 0 Å². The molecule has 3 heterocycles. The molecule has 0 aliphatic carbocycles. The number of ether oxygens (including phenoxy) is 1. The van der Waals surface area contributed by atoms with E-state index in [1.807, 2.05) is 13.8 Å². The summed E-state index contributed by atoms with van der Waals surface area (Å²) in [5.41, 5.74) is 1.36. The van der Waals surface area contributed by atoms with E-state index in [9.17, 15) is 13.6 Å². The number of aryl methyl sites for hydroxylation is 2. The minimum atomic E-state index is -2.88. The number of thiophene rings is 1. The lowest BCUT2D eigenvalue weighted by Gasteiger charge is -2.03. The Hall–Kier alpha value is -2.79. The average Bonchev–Trinajstić information content (AvgIpc) is 3.25. The van der Waals surface area contributed by atoms with E-state index in [0.717, 1.165) is 10.4 Å². The van der Waals surface area contributed by atoms with Crippen LogP contribution in [-0.2, 0) is 5.75 Å². The Balaban J connectivity index is 1.47. The van der Waals surface area contributed by atoms with Crippen LogP contribution >= 0.6 is 23.1 Å². The second kappa shape index (κ2) is 7.91. The second-order valence-corrected chi connectivity index (χ2v) is 8.17. The molecule has 0 atom stereocenters. The Morgan fingerprint density at radius 3 is 2.72 bits per heavy atom. The van der Waals surface area contributed by atoms with Gasteiger partial charge >= 0.3 is 6.61 Å². The van der Waals surface area contributed by atoms with E-state index in [1.54, 1.807) is 12.1 Å². The fourth-order valence-corrected chi connectivity index (χ4v) is 4.34. The second-order valence-electron chi connectivity index (χ2n) is 6.04. The van der Waals surface area contributed by atoms with Gasteiger partial charge in [0.15, 0.2) is 0 Å². The number of thioether (sulfide) groups is 1. The summed E-state index contributed by atoms with van der Waals surface area (Å²) >= 11 is 2.72. The molecule has 0 aliphatic rings. The summed E-state index contributed by atoms with van der Waals surface area (Å²) in [6.07, 6.45) is 0. The Labute approximate surface area is 171 Å². The third-order valence-corrected chi connectivity index (χ3v) is 6.08. The van der Waals surface area contributed by atoms with E-state index >= 15 is 0 Å². The first-order chi connectivity index (χ1) is 13.9. The first kappa shape index (κ1) is 19.5. The van der Waals surface area contributed by atoms with Gasteiger partial charge in [-0.15, -0.1) is 21.5 Å². The molecule has 1 N–H and O–H groups in total. The summed E-state index contributed by atoms with van der Waals surface area (Å²) in [5.74, 6) is 1.16. The van der Waals surface area contributed by atoms with Crippen LogP contribution in [0.3, 0.4) is 0 Å². The Morgan fingerprint density at radius 1 is 1.24 bits per heavy atom. The Bertz CT molecular complexity index is 1220. The maximum Gasteiger partial charge on any atom is 0.387 e. The summed E-state index contributed by atoms with van der Waals surface area (Å²) in [7, 11) is 0. The van der Waals surface area contributed by atoms with Crippen LogP contribution < -0.4 is 10.3 Å². The molecular formula is C18H14F2N4O3S2. The van der Waals surface area contributed by atoms with Crippen molar-refractivity contribution in [3.05, 3.63) is 50.9 Å². The molecule has 11 heteroatoms. The highest BCUT2D eigenvalue weighted by atomic mass is 32.2. The SMILES string of the molecule is Cc1sc2nc(CSc3nnc(-c4ccc(OC(F)F)cc4)o3)[nH]c(=O)c2c1C. The number of hydrogen-bond acceptors (Lipinski definition) is 8. The molecule has 0 amide bonds. The molecule has 3 aromatic heterocycles. The van der Waals surface area contributed by atoms with Gasteiger partial charge in [0.05, 0.1) is 11.1 Å². The number of nitrogens with one attached hydrogen (secondary N) is 1. The molecule has 0 spiro atoms. The molecule has 0 aliphatic heterocycles. The van der Waals surface area contributed by atoms with Gasteiger partial charge in [-0.2, -0.15) is 8.78 Å². The van der Waals surface area contributed by atoms with Crippen molar-refractivity contribution < 1.29 is 17.9 Å². The van der Waals surface area contributed by atoms with Crippen molar-refractivity contribution in [3.63, 3.8) is 0 Å². The van der Waals surface area contributed by atoms with Gasteiger partial charge in [-0.05, 0) is 43.7 Å². The number of aromatic nitrogens is 4. The molecule has 0 saturated heterocycles. The number of halogens is 2. The van der Waals surface area contributed by atoms with Gasteiger partial charge < -0.3 is 14.1 Å². The average molecular weight is 436 g/mol. The third-order valence-electron chi connectivity index (χ3n) is 4.15. The zero-order chi connectivity index (χ0) is 20.5. The van der Waals surface area contributed by atoms with E-state index in [-0.39, 0.29) is 17.2 Å². The number of nitrogens with zero attached hydrogens (tertiary/aromatic N) is 3. The van der Waals surface area contributed by atoms with Gasteiger partial charge in [0.1, 0.15) is 16.4 Å². The molecule has 0 radical (unpaired) electrons. The van der Waals surface area contributed by atoms with Crippen molar-refractivity contribution in [1.29, 1.82) is 0 Å². The van der Waals surface area contributed by atoms with Crippen molar-refractivity contribution in [1.82, 2.24) is 20.2 Å². The van der Waals surface area contributed by atoms with Crippen molar-refractivity contribution in [2.24, 2.45) is 0 Å². The quantitative estimate of drug-likeness (QED) is 0.443. The lowest BCUT2D eigenvalue weighted by atomic mass is 10.2. The van der Waals surface area contributed by atoms with E-state index in [4.69, 9.17) is 4.42 Å². The summed E-state index contributed by atoms with van der Waals surface area (Å²) in [5, 5.41) is 8.84. The van der Waals surface area contributed by atoms with E-state index in [1.165, 1.54) is 35.2 Å². The molecule has 0 saturated carbocycles. The summed E-state index contributed by atoms with van der Waals surface area (Å²) in [6, 6.07) is 5.89. The lowest BCUT2D eigenvalue weighted by molar-refractivity contribution is -0.0498. The minimum absolute atomic E-state index is 0.0438. The smallest absolute Gasteiger partial charge is 0.387 e. The first-order valence-electron chi connectivity index (χ1n) is 8.41. The van der Waals surface area contributed by atoms with Crippen molar-refractivity contribution >= 4 is 33.3 Å². The zero-order valence-corrected chi connectivity index (χ0v) is 16.9. The number of aromatic amines is 1. The Kier molecular flexibility index (Phi) is 5.33. The van der Waals surface area contributed by atoms with Crippen LogP contribution in [0.4, 0.5) is 8.78 Å². The number of H-pyrrole nitrogens is 1. The molecular weight excluding hydrogens is 422 g/mol. The molecule has 0 unspecified atom stereocenters. The third kappa shape index (κ3) is 4.15. The molecule has 4 aromatic rings. The van der Waals surface area contributed by atoms with Crippen LogP contribution in [0.1, 0.15) is 16.3 Å². The normalized spacial score (nSPS) is 11.5. The fourth-order valence-electron chi connectivity index (χ4n) is 2.66. The number of benzene rings is 1. The molecule has 150 valence electrons. The fraction of sp³-hybridized carbons (Fsp3) is 0.222. The first-order valence-corrected chi connectivity index (χ1v) is 10.2. The number of hydrogen-bond donors (Lipinski definition) is 1. The van der Waals surface area contributed by atoms with Crippen molar-refractivity contribution in [3.8, 4) is 17.2 Å². The van der Waals surface area contributed by atoms with Crippen LogP contribution in [0.15, 0.2) is 38.7 Å². The molecule has 1 aromatic carbocycles. The van der Waals surface area contributed by atoms with Gasteiger partial charge in [-0.25, -0.2) is 4.98 Å². The topological polar surface area (TPSA) is 93.9 Å². The van der Waals surface area contributed by atoms with Gasteiger partial charge in [0.25, 0.3) is 10.8 Å². The summed E-state index contributed by atoms with van der Waals surface area (Å²) in [6.45, 7) is 0.987. The zero-order valence-electron chi connectivity index (χ0n) is 15.2. The monoisotopic (exact) mass is 436 g/mol. The van der Waals surface area contributed by atoms with Crippen LogP contribution in [0.25, 0.3) is 21.7 Å². The molecule has 29 heavy (non-hydrogen) atoms. The molecule has 0 bridgehead atoms. The predicted octanol–water partition coefficient (Wildman–Crippen LogP) is 4.55. The highest BCUT2D eigenvalue weighted by Crippen LogP contribution is 2.28. The van der Waals surface area contributed by atoms with E-state index in [2.05, 4.69) is 24.9 Å². The number of rotatable bonds is 6. The maximum absolute atomic E-state index is 12.3.